The van der Waals surface area contributed by atoms with Crippen molar-refractivity contribution in [2.24, 2.45) is 5.73 Å². The normalized spacial score (nSPS) is 22.2. The Kier molecular flexibility index (Phi) is 4.68. The van der Waals surface area contributed by atoms with Gasteiger partial charge in [-0.25, -0.2) is 4.98 Å². The Balaban J connectivity index is 0.00000147. The highest BCUT2D eigenvalue weighted by atomic mass is 35.5. The van der Waals surface area contributed by atoms with E-state index in [-0.39, 0.29) is 18.5 Å². The van der Waals surface area contributed by atoms with Gasteiger partial charge in [0.1, 0.15) is 11.6 Å². The van der Waals surface area contributed by atoms with Crippen LogP contribution >= 0.6 is 12.4 Å². The molecule has 2 aromatic rings. The summed E-state index contributed by atoms with van der Waals surface area (Å²) in [5.74, 6) is 1.45. The third-order valence-electron chi connectivity index (χ3n) is 3.81. The third kappa shape index (κ3) is 2.97. The number of hydrogen-bond donors (Lipinski definition) is 2. The predicted molar refractivity (Wildman–Crippen MR) is 84.3 cm³/mol. The molecule has 1 heterocycles. The number of benzene rings is 1. The lowest BCUT2D eigenvalue weighted by Crippen LogP contribution is -2.31. The molecule has 1 saturated carbocycles. The summed E-state index contributed by atoms with van der Waals surface area (Å²) in [7, 11) is 0. The molecule has 0 bridgehead atoms. The van der Waals surface area contributed by atoms with Crippen molar-refractivity contribution in [3.63, 3.8) is 0 Å². The number of pyridine rings is 1. The lowest BCUT2D eigenvalue weighted by atomic mass is 9.93. The number of halogens is 1. The molecule has 4 N–H and O–H groups in total. The number of rotatable bonds is 2. The molecule has 4 nitrogen and oxygen atoms in total. The Morgan fingerprint density at radius 1 is 1.05 bits per heavy atom. The van der Waals surface area contributed by atoms with Crippen LogP contribution in [0.5, 0.6) is 5.75 Å². The number of fused-ring (bicyclic) bond motifs is 1. The first kappa shape index (κ1) is 14.9. The van der Waals surface area contributed by atoms with Crippen LogP contribution < -0.4 is 16.2 Å². The van der Waals surface area contributed by atoms with Gasteiger partial charge in [-0.15, -0.1) is 12.4 Å². The molecule has 0 radical (unpaired) electrons. The van der Waals surface area contributed by atoms with Crippen molar-refractivity contribution in [1.29, 1.82) is 0 Å². The molecule has 0 saturated heterocycles. The van der Waals surface area contributed by atoms with E-state index in [2.05, 4.69) is 4.98 Å². The van der Waals surface area contributed by atoms with E-state index in [0.717, 1.165) is 42.2 Å². The zero-order valence-electron chi connectivity index (χ0n) is 11.3. The van der Waals surface area contributed by atoms with Crippen LogP contribution in [0.3, 0.4) is 0 Å². The van der Waals surface area contributed by atoms with Crippen LogP contribution in [0.15, 0.2) is 30.5 Å². The number of anilines is 1. The minimum Gasteiger partial charge on any atom is -0.490 e. The van der Waals surface area contributed by atoms with Crippen molar-refractivity contribution in [1.82, 2.24) is 4.98 Å². The van der Waals surface area contributed by atoms with Crippen LogP contribution in [0.4, 0.5) is 5.82 Å². The predicted octanol–water partition coefficient (Wildman–Crippen LogP) is 2.89. The summed E-state index contributed by atoms with van der Waals surface area (Å²) in [6, 6.07) is 8.23. The van der Waals surface area contributed by atoms with Gasteiger partial charge in [-0.3, -0.25) is 0 Å². The van der Waals surface area contributed by atoms with Crippen molar-refractivity contribution in [2.75, 3.05) is 5.73 Å². The highest BCUT2D eigenvalue weighted by Gasteiger charge is 2.20. The minimum absolute atomic E-state index is 0. The van der Waals surface area contributed by atoms with Crippen LogP contribution in [-0.2, 0) is 0 Å². The topological polar surface area (TPSA) is 74.2 Å². The van der Waals surface area contributed by atoms with Crippen molar-refractivity contribution in [3.8, 4) is 5.75 Å². The van der Waals surface area contributed by atoms with Crippen LogP contribution in [0.2, 0.25) is 0 Å². The molecule has 0 aliphatic heterocycles. The molecule has 1 aliphatic carbocycles. The van der Waals surface area contributed by atoms with Crippen LogP contribution in [0.25, 0.3) is 10.8 Å². The van der Waals surface area contributed by atoms with Gasteiger partial charge in [-0.2, -0.15) is 0 Å². The number of aromatic nitrogens is 1. The second-order valence-electron chi connectivity index (χ2n) is 5.20. The molecular weight excluding hydrogens is 274 g/mol. The summed E-state index contributed by atoms with van der Waals surface area (Å²) in [6.07, 6.45) is 6.12. The highest BCUT2D eigenvalue weighted by Crippen LogP contribution is 2.31. The van der Waals surface area contributed by atoms with Crippen molar-refractivity contribution in [2.45, 2.75) is 37.8 Å². The maximum atomic E-state index is 6.13. The maximum absolute atomic E-state index is 6.13. The first-order valence-electron chi connectivity index (χ1n) is 6.79. The fourth-order valence-electron chi connectivity index (χ4n) is 2.69. The highest BCUT2D eigenvalue weighted by molar-refractivity contribution is 5.94. The SMILES string of the molecule is Cl.Nc1nccc2c(OC3CCC(N)CC3)cccc12. The van der Waals surface area contributed by atoms with Gasteiger partial charge in [0.15, 0.2) is 0 Å². The van der Waals surface area contributed by atoms with Crippen LogP contribution in [0, 0.1) is 0 Å². The van der Waals surface area contributed by atoms with Gasteiger partial charge < -0.3 is 16.2 Å². The number of hydrogen-bond acceptors (Lipinski definition) is 4. The molecular formula is C15H20ClN3O. The smallest absolute Gasteiger partial charge is 0.131 e. The summed E-state index contributed by atoms with van der Waals surface area (Å²) in [5.41, 5.74) is 11.8. The number of ether oxygens (including phenoxy) is 1. The maximum Gasteiger partial charge on any atom is 0.131 e. The largest absolute Gasteiger partial charge is 0.490 e. The molecule has 108 valence electrons. The molecule has 0 spiro atoms. The second kappa shape index (κ2) is 6.29. The summed E-state index contributed by atoms with van der Waals surface area (Å²) < 4.78 is 6.13. The summed E-state index contributed by atoms with van der Waals surface area (Å²) in [4.78, 5) is 4.11. The van der Waals surface area contributed by atoms with E-state index < -0.39 is 0 Å². The van der Waals surface area contributed by atoms with Gasteiger partial charge in [0.05, 0.1) is 6.10 Å². The first-order chi connectivity index (χ1) is 9.24. The zero-order chi connectivity index (χ0) is 13.2. The molecule has 0 amide bonds. The fraction of sp³-hybridized carbons (Fsp3) is 0.400. The van der Waals surface area contributed by atoms with E-state index in [0.29, 0.717) is 11.9 Å². The Labute approximate surface area is 124 Å². The number of nitrogens with two attached hydrogens (primary N) is 2. The number of nitrogen functional groups attached to an aromatic ring is 1. The lowest BCUT2D eigenvalue weighted by Gasteiger charge is -2.27. The Morgan fingerprint density at radius 2 is 1.80 bits per heavy atom. The zero-order valence-corrected chi connectivity index (χ0v) is 12.1. The van der Waals surface area contributed by atoms with E-state index in [1.165, 1.54) is 0 Å². The quantitative estimate of drug-likeness (QED) is 0.893. The average Bonchev–Trinajstić information content (AvgIpc) is 2.43. The fourth-order valence-corrected chi connectivity index (χ4v) is 2.69. The molecule has 20 heavy (non-hydrogen) atoms. The van der Waals surface area contributed by atoms with Gasteiger partial charge in [0.25, 0.3) is 0 Å². The standard InChI is InChI=1S/C15H19N3O.ClH/c16-10-4-6-11(7-5-10)19-14-3-1-2-13-12(14)8-9-18-15(13)17;/h1-3,8-11H,4-7,16H2,(H2,17,18);1H. The molecule has 1 fully saturated rings. The Morgan fingerprint density at radius 3 is 2.55 bits per heavy atom. The summed E-state index contributed by atoms with van der Waals surface area (Å²) >= 11 is 0. The molecule has 0 atom stereocenters. The summed E-state index contributed by atoms with van der Waals surface area (Å²) in [5, 5.41) is 1.98. The second-order valence-corrected chi connectivity index (χ2v) is 5.20. The molecule has 3 rings (SSSR count). The molecule has 1 aliphatic rings. The van der Waals surface area contributed by atoms with Gasteiger partial charge >= 0.3 is 0 Å². The van der Waals surface area contributed by atoms with E-state index in [4.69, 9.17) is 16.2 Å². The van der Waals surface area contributed by atoms with Crippen molar-refractivity contribution < 1.29 is 4.74 Å². The van der Waals surface area contributed by atoms with Crippen molar-refractivity contribution in [3.05, 3.63) is 30.5 Å². The van der Waals surface area contributed by atoms with Crippen LogP contribution in [0.1, 0.15) is 25.7 Å². The van der Waals surface area contributed by atoms with Gasteiger partial charge in [0, 0.05) is 23.0 Å². The minimum atomic E-state index is 0. The Bertz CT molecular complexity index is 582. The monoisotopic (exact) mass is 293 g/mol. The number of nitrogens with zero attached hydrogens (tertiary/aromatic N) is 1. The molecule has 1 aromatic heterocycles. The van der Waals surface area contributed by atoms with Gasteiger partial charge in [0.2, 0.25) is 0 Å². The van der Waals surface area contributed by atoms with E-state index in [1.807, 2.05) is 24.3 Å². The van der Waals surface area contributed by atoms with Gasteiger partial charge in [-0.1, -0.05) is 12.1 Å². The third-order valence-corrected chi connectivity index (χ3v) is 3.81. The summed E-state index contributed by atoms with van der Waals surface area (Å²) in [6.45, 7) is 0. The van der Waals surface area contributed by atoms with Crippen molar-refractivity contribution >= 4 is 29.0 Å². The average molecular weight is 294 g/mol. The first-order valence-corrected chi connectivity index (χ1v) is 6.79. The van der Waals surface area contributed by atoms with E-state index >= 15 is 0 Å². The molecule has 5 heteroatoms. The van der Waals surface area contributed by atoms with Crippen LogP contribution in [-0.4, -0.2) is 17.1 Å². The lowest BCUT2D eigenvalue weighted by molar-refractivity contribution is 0.149. The van der Waals surface area contributed by atoms with Gasteiger partial charge in [-0.05, 0) is 37.8 Å². The Hall–Kier alpha value is -1.52. The van der Waals surface area contributed by atoms with E-state index in [1.54, 1.807) is 6.20 Å². The molecule has 1 aromatic carbocycles. The molecule has 0 unspecified atom stereocenters. The van der Waals surface area contributed by atoms with E-state index in [9.17, 15) is 0 Å².